The highest BCUT2D eigenvalue weighted by molar-refractivity contribution is 5.84. The lowest BCUT2D eigenvalue weighted by Gasteiger charge is -2.39. The van der Waals surface area contributed by atoms with Gasteiger partial charge in [-0.15, -0.1) is 0 Å². The van der Waals surface area contributed by atoms with E-state index in [2.05, 4.69) is 0 Å². The van der Waals surface area contributed by atoms with Crippen molar-refractivity contribution in [3.8, 4) is 17.1 Å². The summed E-state index contributed by atoms with van der Waals surface area (Å²) in [7, 11) is 0. The fourth-order valence-corrected chi connectivity index (χ4v) is 3.30. The van der Waals surface area contributed by atoms with E-state index in [1.165, 1.54) is 0 Å². The lowest BCUT2D eigenvalue weighted by atomic mass is 9.99. The van der Waals surface area contributed by atoms with Crippen LogP contribution in [-0.2, 0) is 4.74 Å². The van der Waals surface area contributed by atoms with E-state index >= 15 is 0 Å². The molecule has 1 fully saturated rings. The highest BCUT2D eigenvalue weighted by Crippen LogP contribution is 2.28. The number of aliphatic hydroxyl groups is 4. The fraction of sp³-hybridized carbons (Fsp3) is 0.286. The zero-order valence-electron chi connectivity index (χ0n) is 15.2. The van der Waals surface area contributed by atoms with Gasteiger partial charge in [0, 0.05) is 5.56 Å². The second kappa shape index (κ2) is 7.94. The first-order valence-electron chi connectivity index (χ1n) is 9.08. The summed E-state index contributed by atoms with van der Waals surface area (Å²) in [4.78, 5) is 12.2. The molecule has 5 atom stereocenters. The van der Waals surface area contributed by atoms with Crippen molar-refractivity contribution in [2.24, 2.45) is 0 Å². The van der Waals surface area contributed by atoms with Crippen molar-refractivity contribution in [2.75, 3.05) is 6.61 Å². The molecular weight excluding hydrogens is 380 g/mol. The zero-order chi connectivity index (χ0) is 20.5. The van der Waals surface area contributed by atoms with Gasteiger partial charge in [0.2, 0.25) is 6.29 Å². The second-order valence-electron chi connectivity index (χ2n) is 6.83. The van der Waals surface area contributed by atoms with Gasteiger partial charge in [-0.3, -0.25) is 0 Å². The Morgan fingerprint density at radius 1 is 0.931 bits per heavy atom. The number of hydrogen-bond donors (Lipinski definition) is 4. The Balaban J connectivity index is 1.62. The van der Waals surface area contributed by atoms with Crippen LogP contribution in [0.2, 0.25) is 0 Å². The molecule has 5 unspecified atom stereocenters. The molecule has 0 aliphatic carbocycles. The fourth-order valence-electron chi connectivity index (χ4n) is 3.30. The summed E-state index contributed by atoms with van der Waals surface area (Å²) in [6.45, 7) is -0.549. The van der Waals surface area contributed by atoms with Crippen LogP contribution < -0.4 is 10.4 Å². The Morgan fingerprint density at radius 3 is 2.52 bits per heavy atom. The van der Waals surface area contributed by atoms with Crippen LogP contribution in [0, 0.1) is 0 Å². The first kappa shape index (κ1) is 19.6. The van der Waals surface area contributed by atoms with Crippen LogP contribution >= 0.6 is 0 Å². The van der Waals surface area contributed by atoms with Crippen molar-refractivity contribution in [2.45, 2.75) is 30.7 Å². The van der Waals surface area contributed by atoms with Crippen molar-refractivity contribution < 1.29 is 34.3 Å². The molecule has 3 aromatic rings. The maximum absolute atomic E-state index is 12.2. The maximum Gasteiger partial charge on any atom is 0.344 e. The van der Waals surface area contributed by atoms with Crippen LogP contribution in [0.1, 0.15) is 0 Å². The quantitative estimate of drug-likeness (QED) is 0.502. The van der Waals surface area contributed by atoms with Crippen LogP contribution in [0.5, 0.6) is 5.75 Å². The lowest BCUT2D eigenvalue weighted by molar-refractivity contribution is -0.277. The third-order valence-corrected chi connectivity index (χ3v) is 4.89. The Morgan fingerprint density at radius 2 is 1.72 bits per heavy atom. The first-order chi connectivity index (χ1) is 14.0. The molecule has 2 aromatic carbocycles. The largest absolute Gasteiger partial charge is 0.462 e. The molecule has 29 heavy (non-hydrogen) atoms. The minimum Gasteiger partial charge on any atom is -0.462 e. The van der Waals surface area contributed by atoms with E-state index in [1.54, 1.807) is 42.5 Å². The summed E-state index contributed by atoms with van der Waals surface area (Å²) >= 11 is 0. The van der Waals surface area contributed by atoms with Gasteiger partial charge in [0.15, 0.2) is 0 Å². The Hall–Kier alpha value is -2.75. The van der Waals surface area contributed by atoms with Gasteiger partial charge >= 0.3 is 5.63 Å². The average molecular weight is 400 g/mol. The predicted molar refractivity (Wildman–Crippen MR) is 102 cm³/mol. The van der Waals surface area contributed by atoms with Gasteiger partial charge in [-0.2, -0.15) is 0 Å². The van der Waals surface area contributed by atoms with Crippen molar-refractivity contribution in [1.29, 1.82) is 0 Å². The van der Waals surface area contributed by atoms with Gasteiger partial charge in [0.25, 0.3) is 0 Å². The van der Waals surface area contributed by atoms with E-state index in [9.17, 15) is 25.2 Å². The summed E-state index contributed by atoms with van der Waals surface area (Å²) in [6, 6.07) is 15.4. The zero-order valence-corrected chi connectivity index (χ0v) is 15.2. The molecule has 152 valence electrons. The Bertz CT molecular complexity index is 1060. The molecule has 1 aliphatic heterocycles. The first-order valence-corrected chi connectivity index (χ1v) is 9.08. The lowest BCUT2D eigenvalue weighted by Crippen LogP contribution is -2.60. The van der Waals surface area contributed by atoms with Crippen molar-refractivity contribution in [3.63, 3.8) is 0 Å². The van der Waals surface area contributed by atoms with Crippen molar-refractivity contribution in [1.82, 2.24) is 0 Å². The SMILES string of the molecule is O=c1oc(-c2cccc(OC3OC(CO)C(O)C(O)C3O)c2)cc2ccccc12. The van der Waals surface area contributed by atoms with Crippen LogP contribution in [-0.4, -0.2) is 57.7 Å². The molecule has 4 rings (SSSR count). The molecule has 2 heterocycles. The Kier molecular flexibility index (Phi) is 5.35. The predicted octanol–water partition coefficient (Wildman–Crippen LogP) is 0.639. The molecule has 0 amide bonds. The van der Waals surface area contributed by atoms with Crippen LogP contribution in [0.25, 0.3) is 22.1 Å². The van der Waals surface area contributed by atoms with E-state index in [1.807, 2.05) is 12.1 Å². The number of fused-ring (bicyclic) bond motifs is 1. The van der Waals surface area contributed by atoms with E-state index in [0.717, 1.165) is 5.39 Å². The maximum atomic E-state index is 12.2. The van der Waals surface area contributed by atoms with Crippen LogP contribution in [0.4, 0.5) is 0 Å². The number of benzene rings is 2. The smallest absolute Gasteiger partial charge is 0.344 e. The second-order valence-corrected chi connectivity index (χ2v) is 6.83. The van der Waals surface area contributed by atoms with E-state index in [0.29, 0.717) is 16.7 Å². The Labute approximate surface area is 165 Å². The van der Waals surface area contributed by atoms with Gasteiger partial charge in [-0.1, -0.05) is 30.3 Å². The van der Waals surface area contributed by atoms with Gasteiger partial charge in [-0.05, 0) is 29.7 Å². The molecular formula is C21H20O8. The summed E-state index contributed by atoms with van der Waals surface area (Å²) in [5.41, 5.74) is 0.105. The monoisotopic (exact) mass is 400 g/mol. The van der Waals surface area contributed by atoms with Gasteiger partial charge in [-0.25, -0.2) is 4.79 Å². The molecule has 0 saturated carbocycles. The normalized spacial score (nSPS) is 27.1. The molecule has 0 radical (unpaired) electrons. The molecule has 1 aromatic heterocycles. The summed E-state index contributed by atoms with van der Waals surface area (Å²) < 4.78 is 16.4. The molecule has 1 aliphatic rings. The summed E-state index contributed by atoms with van der Waals surface area (Å²) in [5, 5.41) is 40.4. The van der Waals surface area contributed by atoms with E-state index in [-0.39, 0.29) is 5.75 Å². The molecule has 8 heteroatoms. The number of ether oxygens (including phenoxy) is 2. The molecule has 4 N–H and O–H groups in total. The van der Waals surface area contributed by atoms with Crippen LogP contribution in [0.15, 0.2) is 63.8 Å². The number of rotatable bonds is 4. The highest BCUT2D eigenvalue weighted by atomic mass is 16.7. The number of hydrogen-bond acceptors (Lipinski definition) is 8. The van der Waals surface area contributed by atoms with Gasteiger partial charge in [0.1, 0.15) is 35.9 Å². The minimum atomic E-state index is -1.53. The molecule has 1 saturated heterocycles. The molecule has 0 bridgehead atoms. The minimum absolute atomic E-state index is 0.280. The van der Waals surface area contributed by atoms with Crippen molar-refractivity contribution >= 4 is 10.8 Å². The third-order valence-electron chi connectivity index (χ3n) is 4.89. The standard InChI is InChI=1S/C21H20O8/c22-10-16-17(23)18(24)19(25)21(29-16)27-13-6-3-5-12(8-13)15-9-11-4-1-2-7-14(11)20(26)28-15/h1-9,16-19,21-25H,10H2. The van der Waals surface area contributed by atoms with Crippen molar-refractivity contribution in [3.05, 3.63) is 65.0 Å². The summed E-state index contributed by atoms with van der Waals surface area (Å²) in [5.74, 6) is 0.621. The third kappa shape index (κ3) is 3.76. The topological polar surface area (TPSA) is 130 Å². The molecule has 8 nitrogen and oxygen atoms in total. The molecule has 0 spiro atoms. The average Bonchev–Trinajstić information content (AvgIpc) is 2.74. The van der Waals surface area contributed by atoms with E-state index < -0.39 is 42.9 Å². The van der Waals surface area contributed by atoms with E-state index in [4.69, 9.17) is 13.9 Å². The van der Waals surface area contributed by atoms with Gasteiger partial charge in [0.05, 0.1) is 12.0 Å². The number of aliphatic hydroxyl groups excluding tert-OH is 4. The van der Waals surface area contributed by atoms with Gasteiger partial charge < -0.3 is 34.3 Å². The summed E-state index contributed by atoms with van der Waals surface area (Å²) in [6.07, 6.45) is -6.89. The van der Waals surface area contributed by atoms with Crippen LogP contribution in [0.3, 0.4) is 0 Å². The highest BCUT2D eigenvalue weighted by Gasteiger charge is 2.44.